The number of hydrogen-bond donors (Lipinski definition) is 2. The van der Waals surface area contributed by atoms with Crippen LogP contribution in [0.5, 0.6) is 0 Å². The number of aliphatic hydroxyl groups is 1. The quantitative estimate of drug-likeness (QED) is 0.749. The Morgan fingerprint density at radius 2 is 2.12 bits per heavy atom. The SMILES string of the molecule is CC1(CO)CCN(C(=O)[C@H]2CCCCN2)CC1. The molecule has 2 N–H and O–H groups in total. The van der Waals surface area contributed by atoms with Gasteiger partial charge in [0.1, 0.15) is 0 Å². The van der Waals surface area contributed by atoms with Gasteiger partial charge in [-0.05, 0) is 37.6 Å². The Labute approximate surface area is 103 Å². The van der Waals surface area contributed by atoms with E-state index >= 15 is 0 Å². The Morgan fingerprint density at radius 1 is 1.41 bits per heavy atom. The monoisotopic (exact) mass is 240 g/mol. The van der Waals surface area contributed by atoms with Crippen LogP contribution in [-0.2, 0) is 4.79 Å². The third kappa shape index (κ3) is 2.99. The second-order valence-corrected chi connectivity index (χ2v) is 5.80. The van der Waals surface area contributed by atoms with E-state index in [4.69, 9.17) is 0 Å². The second kappa shape index (κ2) is 5.36. The van der Waals surface area contributed by atoms with Crippen LogP contribution in [-0.4, -0.2) is 48.2 Å². The molecule has 0 bridgehead atoms. The second-order valence-electron chi connectivity index (χ2n) is 5.80. The first-order valence-electron chi connectivity index (χ1n) is 6.78. The molecule has 98 valence electrons. The van der Waals surface area contributed by atoms with Crippen LogP contribution in [0.3, 0.4) is 0 Å². The van der Waals surface area contributed by atoms with Crippen molar-refractivity contribution in [1.29, 1.82) is 0 Å². The van der Waals surface area contributed by atoms with Gasteiger partial charge in [0.05, 0.1) is 6.04 Å². The lowest BCUT2D eigenvalue weighted by atomic mass is 9.81. The van der Waals surface area contributed by atoms with E-state index in [9.17, 15) is 9.90 Å². The van der Waals surface area contributed by atoms with Crippen LogP contribution in [0.25, 0.3) is 0 Å². The fourth-order valence-corrected chi connectivity index (χ4v) is 2.71. The normalized spacial score (nSPS) is 29.1. The summed E-state index contributed by atoms with van der Waals surface area (Å²) in [6.45, 7) is 4.91. The smallest absolute Gasteiger partial charge is 0.239 e. The average molecular weight is 240 g/mol. The first-order chi connectivity index (χ1) is 8.14. The number of carbonyl (C=O) groups is 1. The van der Waals surface area contributed by atoms with E-state index in [0.717, 1.165) is 45.3 Å². The lowest BCUT2D eigenvalue weighted by Crippen LogP contribution is -2.52. The summed E-state index contributed by atoms with van der Waals surface area (Å²) in [7, 11) is 0. The highest BCUT2D eigenvalue weighted by Crippen LogP contribution is 2.30. The van der Waals surface area contributed by atoms with E-state index in [1.165, 1.54) is 6.42 Å². The number of carbonyl (C=O) groups excluding carboxylic acids is 1. The summed E-state index contributed by atoms with van der Waals surface area (Å²) < 4.78 is 0. The maximum absolute atomic E-state index is 12.3. The lowest BCUT2D eigenvalue weighted by molar-refractivity contribution is -0.136. The molecule has 0 saturated carbocycles. The Kier molecular flexibility index (Phi) is 4.05. The van der Waals surface area contributed by atoms with Gasteiger partial charge in [-0.2, -0.15) is 0 Å². The van der Waals surface area contributed by atoms with Gasteiger partial charge >= 0.3 is 0 Å². The van der Waals surface area contributed by atoms with E-state index < -0.39 is 0 Å². The lowest BCUT2D eigenvalue weighted by Gasteiger charge is -2.40. The molecule has 4 nitrogen and oxygen atoms in total. The van der Waals surface area contributed by atoms with E-state index in [0.29, 0.717) is 0 Å². The Bertz CT molecular complexity index is 267. The zero-order chi connectivity index (χ0) is 12.3. The minimum atomic E-state index is 0.0246. The maximum atomic E-state index is 12.3. The van der Waals surface area contributed by atoms with Crippen LogP contribution < -0.4 is 5.32 Å². The molecule has 0 aliphatic carbocycles. The predicted molar refractivity (Wildman–Crippen MR) is 66.6 cm³/mol. The van der Waals surface area contributed by atoms with Gasteiger partial charge in [0.2, 0.25) is 5.91 Å². The van der Waals surface area contributed by atoms with Crippen molar-refractivity contribution in [3.63, 3.8) is 0 Å². The van der Waals surface area contributed by atoms with Crippen molar-refractivity contribution in [3.8, 4) is 0 Å². The molecule has 0 aromatic heterocycles. The minimum absolute atomic E-state index is 0.0246. The summed E-state index contributed by atoms with van der Waals surface area (Å²) >= 11 is 0. The van der Waals surface area contributed by atoms with Crippen molar-refractivity contribution in [1.82, 2.24) is 10.2 Å². The summed E-state index contributed by atoms with van der Waals surface area (Å²) in [5, 5.41) is 12.6. The van der Waals surface area contributed by atoms with Crippen LogP contribution in [0.4, 0.5) is 0 Å². The molecular weight excluding hydrogens is 216 g/mol. The Balaban J connectivity index is 1.85. The van der Waals surface area contributed by atoms with Crippen LogP contribution >= 0.6 is 0 Å². The molecule has 1 atom stereocenters. The number of hydrogen-bond acceptors (Lipinski definition) is 3. The standard InChI is InChI=1S/C13H24N2O2/c1-13(10-16)5-8-15(9-6-13)12(17)11-4-2-3-7-14-11/h11,14,16H,2-10H2,1H3/t11-/m1/s1. The molecule has 0 aromatic carbocycles. The van der Waals surface area contributed by atoms with Crippen molar-refractivity contribution in [3.05, 3.63) is 0 Å². The van der Waals surface area contributed by atoms with Gasteiger partial charge in [-0.3, -0.25) is 4.79 Å². The van der Waals surface area contributed by atoms with Crippen molar-refractivity contribution in [2.45, 2.75) is 45.1 Å². The number of amides is 1. The van der Waals surface area contributed by atoms with Gasteiger partial charge in [-0.15, -0.1) is 0 Å². The molecule has 0 aromatic rings. The van der Waals surface area contributed by atoms with Crippen molar-refractivity contribution >= 4 is 5.91 Å². The van der Waals surface area contributed by atoms with Crippen LogP contribution in [0, 0.1) is 5.41 Å². The molecule has 4 heteroatoms. The molecule has 0 radical (unpaired) electrons. The maximum Gasteiger partial charge on any atom is 0.239 e. The number of piperidine rings is 2. The molecule has 17 heavy (non-hydrogen) atoms. The molecule has 1 amide bonds. The average Bonchev–Trinajstić information content (AvgIpc) is 2.40. The summed E-state index contributed by atoms with van der Waals surface area (Å²) in [4.78, 5) is 14.2. The molecule has 2 aliphatic rings. The summed E-state index contributed by atoms with van der Waals surface area (Å²) in [5.41, 5.74) is 0.0246. The zero-order valence-corrected chi connectivity index (χ0v) is 10.7. The summed E-state index contributed by atoms with van der Waals surface area (Å²) in [6, 6.07) is 0.0437. The number of aliphatic hydroxyl groups excluding tert-OH is 1. The zero-order valence-electron chi connectivity index (χ0n) is 10.7. The first kappa shape index (κ1) is 12.8. The van der Waals surface area contributed by atoms with Crippen molar-refractivity contribution < 1.29 is 9.90 Å². The summed E-state index contributed by atoms with van der Waals surface area (Å²) in [6.07, 6.45) is 5.16. The van der Waals surface area contributed by atoms with Gasteiger partial charge in [-0.1, -0.05) is 13.3 Å². The van der Waals surface area contributed by atoms with Gasteiger partial charge in [0, 0.05) is 19.7 Å². The molecule has 2 rings (SSSR count). The topological polar surface area (TPSA) is 52.6 Å². The Hall–Kier alpha value is -0.610. The molecule has 2 fully saturated rings. The molecule has 0 unspecified atom stereocenters. The van der Waals surface area contributed by atoms with Crippen molar-refractivity contribution in [2.75, 3.05) is 26.2 Å². The Morgan fingerprint density at radius 3 is 2.65 bits per heavy atom. The van der Waals surface area contributed by atoms with Gasteiger partial charge < -0.3 is 15.3 Å². The van der Waals surface area contributed by atoms with Gasteiger partial charge in [0.15, 0.2) is 0 Å². The number of nitrogens with zero attached hydrogens (tertiary/aromatic N) is 1. The summed E-state index contributed by atoms with van der Waals surface area (Å²) in [5.74, 6) is 0.268. The fourth-order valence-electron chi connectivity index (χ4n) is 2.71. The third-order valence-corrected chi connectivity index (χ3v) is 4.27. The van der Waals surface area contributed by atoms with Gasteiger partial charge in [0.25, 0.3) is 0 Å². The van der Waals surface area contributed by atoms with Crippen molar-refractivity contribution in [2.24, 2.45) is 5.41 Å². The largest absolute Gasteiger partial charge is 0.396 e. The van der Waals surface area contributed by atoms with Crippen LogP contribution in [0.2, 0.25) is 0 Å². The molecular formula is C13H24N2O2. The van der Waals surface area contributed by atoms with E-state index in [-0.39, 0.29) is 24.0 Å². The van der Waals surface area contributed by atoms with E-state index in [1.807, 2.05) is 4.90 Å². The molecule has 2 saturated heterocycles. The number of likely N-dealkylation sites (tertiary alicyclic amines) is 1. The highest BCUT2D eigenvalue weighted by Gasteiger charge is 2.33. The number of rotatable bonds is 2. The van der Waals surface area contributed by atoms with Crippen LogP contribution in [0.15, 0.2) is 0 Å². The van der Waals surface area contributed by atoms with E-state index in [2.05, 4.69) is 12.2 Å². The first-order valence-corrected chi connectivity index (χ1v) is 6.78. The fraction of sp³-hybridized carbons (Fsp3) is 0.923. The predicted octanol–water partition coefficient (Wildman–Crippen LogP) is 0.749. The number of nitrogens with one attached hydrogen (secondary N) is 1. The van der Waals surface area contributed by atoms with E-state index in [1.54, 1.807) is 0 Å². The molecule has 2 heterocycles. The highest BCUT2D eigenvalue weighted by atomic mass is 16.3. The highest BCUT2D eigenvalue weighted by molar-refractivity contribution is 5.82. The van der Waals surface area contributed by atoms with Crippen LogP contribution in [0.1, 0.15) is 39.0 Å². The molecule has 2 aliphatic heterocycles. The minimum Gasteiger partial charge on any atom is -0.396 e. The third-order valence-electron chi connectivity index (χ3n) is 4.27. The molecule has 0 spiro atoms. The van der Waals surface area contributed by atoms with Gasteiger partial charge in [-0.25, -0.2) is 0 Å².